The number of nitrogens with one attached hydrogen (secondary N) is 2. The number of nitrogens with zero attached hydrogens (tertiary/aromatic N) is 4. The minimum atomic E-state index is -0.137. The van der Waals surface area contributed by atoms with Crippen LogP contribution in [0.2, 0.25) is 0 Å². The summed E-state index contributed by atoms with van der Waals surface area (Å²) in [5, 5.41) is 14.4. The van der Waals surface area contributed by atoms with Gasteiger partial charge in [0.1, 0.15) is 5.82 Å². The van der Waals surface area contributed by atoms with Crippen LogP contribution in [0.4, 0.5) is 0 Å². The molecular formula is C22H22N6OS. The van der Waals surface area contributed by atoms with Gasteiger partial charge in [-0.15, -0.1) is 0 Å². The molecule has 0 aliphatic rings. The van der Waals surface area contributed by atoms with E-state index < -0.39 is 0 Å². The molecule has 1 amide bonds. The summed E-state index contributed by atoms with van der Waals surface area (Å²) in [6, 6.07) is 19.5. The molecule has 0 saturated heterocycles. The Labute approximate surface area is 179 Å². The van der Waals surface area contributed by atoms with Crippen molar-refractivity contribution in [3.8, 4) is 16.9 Å². The van der Waals surface area contributed by atoms with E-state index >= 15 is 0 Å². The van der Waals surface area contributed by atoms with Crippen LogP contribution in [0.1, 0.15) is 23.1 Å². The Balaban J connectivity index is 1.48. The maximum Gasteiger partial charge on any atom is 0.251 e. The van der Waals surface area contributed by atoms with Gasteiger partial charge in [-0.1, -0.05) is 36.4 Å². The summed E-state index contributed by atoms with van der Waals surface area (Å²) in [5.74, 6) is 0.697. The highest BCUT2D eigenvalue weighted by molar-refractivity contribution is 7.71. The maximum absolute atomic E-state index is 12.7. The largest absolute Gasteiger partial charge is 0.352 e. The normalized spacial score (nSPS) is 10.8. The van der Waals surface area contributed by atoms with Crippen LogP contribution in [0.5, 0.6) is 0 Å². The summed E-state index contributed by atoms with van der Waals surface area (Å²) in [6.07, 6.45) is 2.36. The van der Waals surface area contributed by atoms with Crippen molar-refractivity contribution in [3.05, 3.63) is 83.0 Å². The molecule has 8 heteroatoms. The highest BCUT2D eigenvalue weighted by atomic mass is 32.1. The molecule has 0 unspecified atom stereocenters. The lowest BCUT2D eigenvalue weighted by Crippen LogP contribution is -2.26. The van der Waals surface area contributed by atoms with Gasteiger partial charge in [-0.25, -0.2) is 4.68 Å². The number of aromatic amines is 1. The lowest BCUT2D eigenvalue weighted by atomic mass is 10.1. The summed E-state index contributed by atoms with van der Waals surface area (Å²) in [6.45, 7) is 3.23. The molecule has 2 aromatic heterocycles. The zero-order valence-corrected chi connectivity index (χ0v) is 17.4. The highest BCUT2D eigenvalue weighted by Crippen LogP contribution is 2.22. The number of carbonyl (C=O) groups excluding carboxylic acids is 1. The van der Waals surface area contributed by atoms with Crippen molar-refractivity contribution in [2.45, 2.75) is 19.9 Å². The molecule has 4 aromatic rings. The molecule has 0 fully saturated rings. The third-order valence-corrected chi connectivity index (χ3v) is 5.16. The smallest absolute Gasteiger partial charge is 0.251 e. The van der Waals surface area contributed by atoms with Gasteiger partial charge in [0.15, 0.2) is 4.77 Å². The van der Waals surface area contributed by atoms with Crippen molar-refractivity contribution in [1.82, 2.24) is 29.9 Å². The van der Waals surface area contributed by atoms with Crippen molar-refractivity contribution >= 4 is 18.1 Å². The van der Waals surface area contributed by atoms with Crippen LogP contribution in [0.25, 0.3) is 16.9 Å². The van der Waals surface area contributed by atoms with Gasteiger partial charge in [-0.05, 0) is 43.4 Å². The Morgan fingerprint density at radius 3 is 2.77 bits per heavy atom. The topological polar surface area (TPSA) is 80.5 Å². The molecule has 4 rings (SSSR count). The number of benzene rings is 2. The third kappa shape index (κ3) is 4.08. The fourth-order valence-electron chi connectivity index (χ4n) is 3.37. The number of H-pyrrole nitrogens is 1. The molecule has 30 heavy (non-hydrogen) atoms. The van der Waals surface area contributed by atoms with Crippen LogP contribution >= 0.6 is 12.2 Å². The third-order valence-electron chi connectivity index (χ3n) is 4.85. The number of hydrogen-bond donors (Lipinski definition) is 2. The number of aromatic nitrogens is 5. The van der Waals surface area contributed by atoms with E-state index in [1.807, 2.05) is 70.8 Å². The van der Waals surface area contributed by atoms with E-state index in [2.05, 4.69) is 20.6 Å². The van der Waals surface area contributed by atoms with Crippen molar-refractivity contribution in [3.63, 3.8) is 0 Å². The monoisotopic (exact) mass is 418 g/mol. The van der Waals surface area contributed by atoms with Gasteiger partial charge in [0.25, 0.3) is 5.91 Å². The first kappa shape index (κ1) is 19.8. The van der Waals surface area contributed by atoms with E-state index in [4.69, 9.17) is 12.2 Å². The minimum absolute atomic E-state index is 0.137. The summed E-state index contributed by atoms with van der Waals surface area (Å²) in [7, 11) is 0. The predicted molar refractivity (Wildman–Crippen MR) is 118 cm³/mol. The zero-order chi connectivity index (χ0) is 20.9. The van der Waals surface area contributed by atoms with Crippen LogP contribution in [0.15, 0.2) is 66.9 Å². The first-order valence-corrected chi connectivity index (χ1v) is 10.2. The fraction of sp³-hybridized carbons (Fsp3) is 0.182. The molecule has 0 bridgehead atoms. The van der Waals surface area contributed by atoms with Gasteiger partial charge in [-0.3, -0.25) is 9.89 Å². The van der Waals surface area contributed by atoms with Crippen molar-refractivity contribution in [1.29, 1.82) is 0 Å². The lowest BCUT2D eigenvalue weighted by Gasteiger charge is -2.10. The van der Waals surface area contributed by atoms with Crippen LogP contribution in [0, 0.1) is 4.77 Å². The number of carbonyl (C=O) groups is 1. The van der Waals surface area contributed by atoms with Crippen LogP contribution in [0.3, 0.4) is 0 Å². The molecule has 152 valence electrons. The second-order valence-corrected chi connectivity index (χ2v) is 7.13. The van der Waals surface area contributed by atoms with Gasteiger partial charge >= 0.3 is 0 Å². The average Bonchev–Trinajstić information content (AvgIpc) is 3.41. The summed E-state index contributed by atoms with van der Waals surface area (Å²) >= 11 is 5.20. The van der Waals surface area contributed by atoms with Gasteiger partial charge in [0.2, 0.25) is 0 Å². The van der Waals surface area contributed by atoms with E-state index in [0.29, 0.717) is 23.3 Å². The molecule has 0 aliphatic carbocycles. The number of hydrogen-bond acceptors (Lipinski definition) is 4. The first-order chi connectivity index (χ1) is 14.7. The molecule has 0 radical (unpaired) electrons. The second-order valence-electron chi connectivity index (χ2n) is 6.74. The van der Waals surface area contributed by atoms with E-state index in [0.717, 1.165) is 29.3 Å². The van der Waals surface area contributed by atoms with Crippen LogP contribution in [-0.2, 0) is 13.0 Å². The molecule has 2 heterocycles. The standard InChI is InChI=1S/C22H22N6OS/c1-2-27-20(25-26-22(27)30)12-13-23-21(29)17-9-6-10-18(15-17)28-19(11-14-24-28)16-7-4-3-5-8-16/h3-11,14-15H,2,12-13H2,1H3,(H,23,29)(H,26,30). The second kappa shape index (κ2) is 8.87. The van der Waals surface area contributed by atoms with E-state index in [1.54, 1.807) is 12.3 Å². The van der Waals surface area contributed by atoms with Gasteiger partial charge in [0, 0.05) is 30.6 Å². The molecule has 0 spiro atoms. The van der Waals surface area contributed by atoms with Crippen LogP contribution < -0.4 is 5.32 Å². The number of amides is 1. The Hall–Kier alpha value is -3.52. The Bertz CT molecular complexity index is 1210. The lowest BCUT2D eigenvalue weighted by molar-refractivity contribution is 0.0954. The average molecular weight is 419 g/mol. The van der Waals surface area contributed by atoms with E-state index in [-0.39, 0.29) is 5.91 Å². The van der Waals surface area contributed by atoms with Crippen molar-refractivity contribution in [2.75, 3.05) is 6.54 Å². The van der Waals surface area contributed by atoms with Gasteiger partial charge in [-0.2, -0.15) is 10.2 Å². The predicted octanol–water partition coefficient (Wildman–Crippen LogP) is 3.79. The highest BCUT2D eigenvalue weighted by Gasteiger charge is 2.11. The van der Waals surface area contributed by atoms with E-state index in [1.165, 1.54) is 0 Å². The SMILES string of the molecule is CCn1c(CCNC(=O)c2cccc(-n3nccc3-c3ccccc3)c2)n[nH]c1=S. The fourth-order valence-corrected chi connectivity index (χ4v) is 3.65. The Morgan fingerprint density at radius 1 is 1.13 bits per heavy atom. The molecule has 2 aromatic carbocycles. The van der Waals surface area contributed by atoms with Crippen LogP contribution in [-0.4, -0.2) is 37.0 Å². The molecule has 0 atom stereocenters. The van der Waals surface area contributed by atoms with Gasteiger partial charge < -0.3 is 9.88 Å². The van der Waals surface area contributed by atoms with E-state index in [9.17, 15) is 4.79 Å². The maximum atomic E-state index is 12.7. The quantitative estimate of drug-likeness (QED) is 0.448. The van der Waals surface area contributed by atoms with Crippen molar-refractivity contribution in [2.24, 2.45) is 0 Å². The zero-order valence-electron chi connectivity index (χ0n) is 16.6. The molecule has 7 nitrogen and oxygen atoms in total. The minimum Gasteiger partial charge on any atom is -0.352 e. The molecule has 0 saturated carbocycles. The summed E-state index contributed by atoms with van der Waals surface area (Å²) < 4.78 is 4.36. The summed E-state index contributed by atoms with van der Waals surface area (Å²) in [5.41, 5.74) is 3.44. The number of rotatable bonds is 7. The van der Waals surface area contributed by atoms with Gasteiger partial charge in [0.05, 0.1) is 17.6 Å². The Kier molecular flexibility index (Phi) is 5.85. The first-order valence-electron chi connectivity index (χ1n) is 9.79. The molecule has 2 N–H and O–H groups in total. The molecule has 0 aliphatic heterocycles. The Morgan fingerprint density at radius 2 is 1.97 bits per heavy atom. The van der Waals surface area contributed by atoms with Crippen molar-refractivity contribution < 1.29 is 4.79 Å². The summed E-state index contributed by atoms with van der Waals surface area (Å²) in [4.78, 5) is 12.7. The molecular weight excluding hydrogens is 396 g/mol.